The molecule has 100 valence electrons. The van der Waals surface area contributed by atoms with E-state index < -0.39 is 17.9 Å². The van der Waals surface area contributed by atoms with Crippen LogP contribution < -0.4 is 10.1 Å². The molecule has 2 N–H and O–H groups in total. The van der Waals surface area contributed by atoms with E-state index in [9.17, 15) is 9.59 Å². The number of benzene rings is 1. The predicted octanol–water partition coefficient (Wildman–Crippen LogP) is 1.22. The molecule has 0 fully saturated rings. The Kier molecular flexibility index (Phi) is 3.85. The quantitative estimate of drug-likeness (QED) is 0.799. The fraction of sp³-hybridized carbons (Fsp3) is 0.286. The third-order valence-electron chi connectivity index (χ3n) is 2.87. The van der Waals surface area contributed by atoms with Gasteiger partial charge in [0.1, 0.15) is 11.8 Å². The van der Waals surface area contributed by atoms with Crippen molar-refractivity contribution in [1.29, 1.82) is 0 Å². The van der Waals surface area contributed by atoms with Crippen molar-refractivity contribution in [3.05, 3.63) is 35.4 Å². The van der Waals surface area contributed by atoms with E-state index in [4.69, 9.17) is 9.84 Å². The molecule has 0 saturated heterocycles. The van der Waals surface area contributed by atoms with E-state index in [0.29, 0.717) is 6.61 Å². The van der Waals surface area contributed by atoms with E-state index in [0.717, 1.165) is 23.3 Å². The Morgan fingerprint density at radius 3 is 3.00 bits per heavy atom. The predicted molar refractivity (Wildman–Crippen MR) is 69.9 cm³/mol. The fourth-order valence-corrected chi connectivity index (χ4v) is 1.81. The maximum absolute atomic E-state index is 11.5. The number of carboxylic acids is 1. The molecule has 0 saturated carbocycles. The molecule has 0 aromatic heterocycles. The Balaban J connectivity index is 1.98. The molecule has 5 nitrogen and oxygen atoms in total. The lowest BCUT2D eigenvalue weighted by molar-refractivity contribution is -0.140. The number of carbonyl (C=O) groups is 2. The topological polar surface area (TPSA) is 75.6 Å². The first kappa shape index (κ1) is 13.1. The van der Waals surface area contributed by atoms with Crippen molar-refractivity contribution >= 4 is 18.0 Å². The maximum Gasteiger partial charge on any atom is 0.325 e. The number of hydrogen-bond donors (Lipinski definition) is 2. The van der Waals surface area contributed by atoms with Crippen molar-refractivity contribution < 1.29 is 19.4 Å². The minimum Gasteiger partial charge on any atom is -0.493 e. The van der Waals surface area contributed by atoms with Gasteiger partial charge >= 0.3 is 5.97 Å². The van der Waals surface area contributed by atoms with Crippen molar-refractivity contribution in [2.24, 2.45) is 0 Å². The van der Waals surface area contributed by atoms with Gasteiger partial charge in [-0.3, -0.25) is 9.59 Å². The summed E-state index contributed by atoms with van der Waals surface area (Å²) in [5.74, 6) is -0.593. The van der Waals surface area contributed by atoms with Crippen LogP contribution in [0.4, 0.5) is 0 Å². The van der Waals surface area contributed by atoms with Crippen LogP contribution in [0.2, 0.25) is 0 Å². The smallest absolute Gasteiger partial charge is 0.325 e. The number of hydrogen-bond acceptors (Lipinski definition) is 3. The van der Waals surface area contributed by atoms with Crippen LogP contribution in [-0.4, -0.2) is 29.6 Å². The summed E-state index contributed by atoms with van der Waals surface area (Å²) in [6, 6.07) is 4.80. The van der Waals surface area contributed by atoms with Crippen LogP contribution in [0.25, 0.3) is 6.08 Å². The standard InChI is InChI=1S/C14H15NO4/c1-9(14(17)18)15-13(16)5-3-10-2-4-12-11(8-10)6-7-19-12/h2-5,8-9H,6-7H2,1H3,(H,15,16)(H,17,18)/b5-3+/t9-/m1/s1. The zero-order valence-electron chi connectivity index (χ0n) is 10.6. The largest absolute Gasteiger partial charge is 0.493 e. The van der Waals surface area contributed by atoms with Crippen LogP contribution in [0.3, 0.4) is 0 Å². The Labute approximate surface area is 110 Å². The van der Waals surface area contributed by atoms with E-state index in [1.807, 2.05) is 18.2 Å². The number of nitrogens with one attached hydrogen (secondary N) is 1. The lowest BCUT2D eigenvalue weighted by Crippen LogP contribution is -2.37. The number of rotatable bonds is 4. The first-order chi connectivity index (χ1) is 9.06. The summed E-state index contributed by atoms with van der Waals surface area (Å²) in [4.78, 5) is 22.1. The van der Waals surface area contributed by atoms with Gasteiger partial charge in [0.15, 0.2) is 0 Å². The van der Waals surface area contributed by atoms with E-state index in [-0.39, 0.29) is 0 Å². The first-order valence-electron chi connectivity index (χ1n) is 6.03. The molecule has 2 rings (SSSR count). The summed E-state index contributed by atoms with van der Waals surface area (Å²) in [7, 11) is 0. The summed E-state index contributed by atoms with van der Waals surface area (Å²) in [6.45, 7) is 2.11. The average Bonchev–Trinajstić information content (AvgIpc) is 2.83. The van der Waals surface area contributed by atoms with Gasteiger partial charge in [-0.1, -0.05) is 6.07 Å². The van der Waals surface area contributed by atoms with Gasteiger partial charge in [0.25, 0.3) is 0 Å². The van der Waals surface area contributed by atoms with Crippen molar-refractivity contribution in [3.8, 4) is 5.75 Å². The van der Waals surface area contributed by atoms with Gasteiger partial charge in [-0.05, 0) is 36.3 Å². The molecule has 5 heteroatoms. The monoisotopic (exact) mass is 261 g/mol. The molecule has 19 heavy (non-hydrogen) atoms. The van der Waals surface area contributed by atoms with E-state index in [1.165, 1.54) is 13.0 Å². The second kappa shape index (κ2) is 5.56. The molecule has 1 heterocycles. The molecule has 0 bridgehead atoms. The van der Waals surface area contributed by atoms with Crippen LogP contribution in [-0.2, 0) is 16.0 Å². The highest BCUT2D eigenvalue weighted by atomic mass is 16.5. The Morgan fingerprint density at radius 2 is 2.26 bits per heavy atom. The molecule has 1 aliphatic heterocycles. The molecular weight excluding hydrogens is 246 g/mol. The molecule has 0 radical (unpaired) electrons. The van der Waals surface area contributed by atoms with Crippen molar-refractivity contribution in [3.63, 3.8) is 0 Å². The fourth-order valence-electron chi connectivity index (χ4n) is 1.81. The van der Waals surface area contributed by atoms with Gasteiger partial charge < -0.3 is 15.2 Å². The molecule has 0 aliphatic carbocycles. The Bertz CT molecular complexity index is 536. The van der Waals surface area contributed by atoms with Crippen molar-refractivity contribution in [1.82, 2.24) is 5.32 Å². The molecular formula is C14H15NO4. The van der Waals surface area contributed by atoms with E-state index in [2.05, 4.69) is 5.32 Å². The number of carbonyl (C=O) groups excluding carboxylic acids is 1. The summed E-state index contributed by atoms with van der Waals surface area (Å²) in [6.07, 6.45) is 3.86. The highest BCUT2D eigenvalue weighted by molar-refractivity contribution is 5.94. The van der Waals surface area contributed by atoms with Gasteiger partial charge in [-0.25, -0.2) is 0 Å². The second-order valence-corrected chi connectivity index (χ2v) is 4.37. The summed E-state index contributed by atoms with van der Waals surface area (Å²) >= 11 is 0. The minimum atomic E-state index is -1.06. The number of fused-ring (bicyclic) bond motifs is 1. The minimum absolute atomic E-state index is 0.424. The van der Waals surface area contributed by atoms with Gasteiger partial charge in [-0.2, -0.15) is 0 Å². The van der Waals surface area contributed by atoms with Crippen LogP contribution in [0.5, 0.6) is 5.75 Å². The van der Waals surface area contributed by atoms with E-state index in [1.54, 1.807) is 6.08 Å². The average molecular weight is 261 g/mol. The third-order valence-corrected chi connectivity index (χ3v) is 2.87. The SMILES string of the molecule is C[C@@H](NC(=O)/C=C/c1ccc2c(c1)CCO2)C(=O)O. The van der Waals surface area contributed by atoms with Crippen molar-refractivity contribution in [2.45, 2.75) is 19.4 Å². The number of ether oxygens (including phenoxy) is 1. The molecule has 1 aromatic carbocycles. The zero-order valence-corrected chi connectivity index (χ0v) is 10.6. The molecule has 0 spiro atoms. The summed E-state index contributed by atoms with van der Waals surface area (Å²) in [5, 5.41) is 11.0. The molecule has 1 amide bonds. The van der Waals surface area contributed by atoms with Crippen LogP contribution in [0.1, 0.15) is 18.1 Å². The molecule has 1 aromatic rings. The third kappa shape index (κ3) is 3.34. The summed E-state index contributed by atoms with van der Waals surface area (Å²) < 4.78 is 5.39. The number of aliphatic carboxylic acids is 1. The molecule has 0 unspecified atom stereocenters. The highest BCUT2D eigenvalue weighted by Crippen LogP contribution is 2.26. The zero-order chi connectivity index (χ0) is 13.8. The first-order valence-corrected chi connectivity index (χ1v) is 6.03. The van der Waals surface area contributed by atoms with Crippen LogP contribution in [0.15, 0.2) is 24.3 Å². The van der Waals surface area contributed by atoms with Crippen LogP contribution >= 0.6 is 0 Å². The molecule has 1 atom stereocenters. The number of carboxylic acid groups (broad SMARTS) is 1. The number of amides is 1. The van der Waals surface area contributed by atoms with Crippen molar-refractivity contribution in [2.75, 3.05) is 6.61 Å². The summed E-state index contributed by atoms with van der Waals surface area (Å²) in [5.41, 5.74) is 2.02. The Hall–Kier alpha value is -2.30. The van der Waals surface area contributed by atoms with Gasteiger partial charge in [0.2, 0.25) is 5.91 Å². The van der Waals surface area contributed by atoms with E-state index >= 15 is 0 Å². The molecule has 1 aliphatic rings. The second-order valence-electron chi connectivity index (χ2n) is 4.37. The van der Waals surface area contributed by atoms with Gasteiger partial charge in [0, 0.05) is 12.5 Å². The Morgan fingerprint density at radius 1 is 1.47 bits per heavy atom. The lowest BCUT2D eigenvalue weighted by Gasteiger charge is -2.06. The highest BCUT2D eigenvalue weighted by Gasteiger charge is 2.13. The van der Waals surface area contributed by atoms with Crippen LogP contribution in [0, 0.1) is 0 Å². The lowest BCUT2D eigenvalue weighted by atomic mass is 10.1. The van der Waals surface area contributed by atoms with Gasteiger partial charge in [0.05, 0.1) is 6.61 Å². The maximum atomic E-state index is 11.5. The van der Waals surface area contributed by atoms with Gasteiger partial charge in [-0.15, -0.1) is 0 Å². The normalized spacial score (nSPS) is 14.8.